The van der Waals surface area contributed by atoms with Crippen molar-refractivity contribution < 1.29 is 14.3 Å². The van der Waals surface area contributed by atoms with E-state index in [-0.39, 0.29) is 5.56 Å². The van der Waals surface area contributed by atoms with Gasteiger partial charge in [0.05, 0.1) is 12.1 Å². The first-order valence-corrected chi connectivity index (χ1v) is 9.66. The molecule has 0 radical (unpaired) electrons. The molecule has 1 saturated heterocycles. The first-order valence-electron chi connectivity index (χ1n) is 9.66. The number of carboxylic acids is 1. The molecule has 0 unspecified atom stereocenters. The van der Waals surface area contributed by atoms with E-state index in [1.54, 1.807) is 18.2 Å². The monoisotopic (exact) mass is 376 g/mol. The fourth-order valence-corrected chi connectivity index (χ4v) is 4.01. The molecule has 28 heavy (non-hydrogen) atoms. The summed E-state index contributed by atoms with van der Waals surface area (Å²) in [6, 6.07) is 15.1. The smallest absolute Gasteiger partial charge is 0.336 e. The molecule has 5 nitrogen and oxygen atoms in total. The van der Waals surface area contributed by atoms with E-state index in [1.807, 2.05) is 31.3 Å². The zero-order valence-corrected chi connectivity index (χ0v) is 16.0. The van der Waals surface area contributed by atoms with Crippen molar-refractivity contribution in [3.8, 4) is 11.3 Å². The number of hydrogen-bond acceptors (Lipinski definition) is 4. The zero-order valence-electron chi connectivity index (χ0n) is 16.0. The number of likely N-dealkylation sites (tertiary alicyclic amines) is 1. The maximum Gasteiger partial charge on any atom is 0.336 e. The van der Waals surface area contributed by atoms with Crippen molar-refractivity contribution in [3.05, 3.63) is 77.3 Å². The highest BCUT2D eigenvalue weighted by atomic mass is 16.4. The van der Waals surface area contributed by atoms with Crippen LogP contribution in [0.25, 0.3) is 11.3 Å². The summed E-state index contributed by atoms with van der Waals surface area (Å²) >= 11 is 0. The largest absolute Gasteiger partial charge is 0.478 e. The minimum absolute atomic E-state index is 0.259. The second-order valence-corrected chi connectivity index (χ2v) is 7.42. The Labute approximate surface area is 164 Å². The number of benzene rings is 1. The van der Waals surface area contributed by atoms with E-state index >= 15 is 0 Å². The summed E-state index contributed by atoms with van der Waals surface area (Å²) in [5.74, 6) is 1.03. The van der Waals surface area contributed by atoms with Gasteiger partial charge in [-0.15, -0.1) is 0 Å². The lowest BCUT2D eigenvalue weighted by Gasteiger charge is -2.32. The van der Waals surface area contributed by atoms with Crippen LogP contribution in [-0.4, -0.2) is 34.0 Å². The molecule has 1 aliphatic heterocycles. The van der Waals surface area contributed by atoms with Gasteiger partial charge in [0.15, 0.2) is 0 Å². The number of carbonyl (C=O) groups is 1. The molecule has 1 aromatic carbocycles. The second kappa shape index (κ2) is 7.98. The standard InChI is InChI=1S/C23H24N2O3/c1-16-13-17(10-11-24-16)18-5-4-12-25(14-18)15-19-8-9-22(28-19)20-6-2-3-7-21(20)23(26)27/h2-3,6-11,13,18H,4-5,12,14-15H2,1H3,(H,26,27)/t18-/m1/s1. The summed E-state index contributed by atoms with van der Waals surface area (Å²) in [6.07, 6.45) is 4.24. The average Bonchev–Trinajstić information content (AvgIpc) is 3.16. The van der Waals surface area contributed by atoms with Crippen molar-refractivity contribution in [3.63, 3.8) is 0 Å². The van der Waals surface area contributed by atoms with Gasteiger partial charge >= 0.3 is 5.97 Å². The number of aromatic carboxylic acids is 1. The highest BCUT2D eigenvalue weighted by molar-refractivity contribution is 5.95. The molecule has 0 aliphatic carbocycles. The Morgan fingerprint density at radius 3 is 2.93 bits per heavy atom. The highest BCUT2D eigenvalue weighted by Gasteiger charge is 2.23. The van der Waals surface area contributed by atoms with Gasteiger partial charge in [-0.05, 0) is 68.1 Å². The van der Waals surface area contributed by atoms with Gasteiger partial charge in [-0.2, -0.15) is 0 Å². The van der Waals surface area contributed by atoms with Gasteiger partial charge in [0, 0.05) is 24.0 Å². The van der Waals surface area contributed by atoms with Gasteiger partial charge in [-0.3, -0.25) is 9.88 Å². The molecule has 4 rings (SSSR count). The first kappa shape index (κ1) is 18.4. The number of nitrogens with zero attached hydrogens (tertiary/aromatic N) is 2. The van der Waals surface area contributed by atoms with Gasteiger partial charge in [0.25, 0.3) is 0 Å². The third-order valence-electron chi connectivity index (χ3n) is 5.36. The predicted octanol–water partition coefficient (Wildman–Crippen LogP) is 4.73. The van der Waals surface area contributed by atoms with Gasteiger partial charge in [-0.25, -0.2) is 4.79 Å². The summed E-state index contributed by atoms with van der Waals surface area (Å²) in [6.45, 7) is 4.80. The van der Waals surface area contributed by atoms with Crippen LogP contribution >= 0.6 is 0 Å². The number of piperidine rings is 1. The maximum atomic E-state index is 11.5. The van der Waals surface area contributed by atoms with Crippen molar-refractivity contribution in [2.75, 3.05) is 13.1 Å². The average molecular weight is 376 g/mol. The predicted molar refractivity (Wildman–Crippen MR) is 107 cm³/mol. The lowest BCUT2D eigenvalue weighted by atomic mass is 9.91. The minimum Gasteiger partial charge on any atom is -0.478 e. The third kappa shape index (κ3) is 3.99. The summed E-state index contributed by atoms with van der Waals surface area (Å²) in [5, 5.41) is 9.40. The number of hydrogen-bond donors (Lipinski definition) is 1. The summed E-state index contributed by atoms with van der Waals surface area (Å²) in [4.78, 5) is 18.2. The molecule has 1 atom stereocenters. The fourth-order valence-electron chi connectivity index (χ4n) is 4.01. The molecule has 1 aliphatic rings. The van der Waals surface area contributed by atoms with E-state index in [2.05, 4.69) is 22.0 Å². The molecular weight excluding hydrogens is 352 g/mol. The molecule has 0 bridgehead atoms. The van der Waals surface area contributed by atoms with E-state index in [1.165, 1.54) is 12.0 Å². The topological polar surface area (TPSA) is 66.6 Å². The lowest BCUT2D eigenvalue weighted by Crippen LogP contribution is -2.33. The maximum absolute atomic E-state index is 11.5. The lowest BCUT2D eigenvalue weighted by molar-refractivity contribution is 0.0697. The van der Waals surface area contributed by atoms with Crippen LogP contribution in [-0.2, 0) is 6.54 Å². The molecule has 3 heterocycles. The quantitative estimate of drug-likeness (QED) is 0.697. The van der Waals surface area contributed by atoms with Crippen molar-refractivity contribution in [1.82, 2.24) is 9.88 Å². The van der Waals surface area contributed by atoms with Gasteiger partial charge < -0.3 is 9.52 Å². The van der Waals surface area contributed by atoms with Crippen molar-refractivity contribution in [2.45, 2.75) is 32.2 Å². The van der Waals surface area contributed by atoms with E-state index in [0.29, 0.717) is 17.2 Å². The molecule has 0 saturated carbocycles. The molecule has 5 heteroatoms. The van der Waals surface area contributed by atoms with Crippen molar-refractivity contribution >= 4 is 5.97 Å². The first-order chi connectivity index (χ1) is 13.6. The van der Waals surface area contributed by atoms with Crippen LogP contribution < -0.4 is 0 Å². The second-order valence-electron chi connectivity index (χ2n) is 7.42. The van der Waals surface area contributed by atoms with Crippen LogP contribution in [0.5, 0.6) is 0 Å². The summed E-state index contributed by atoms with van der Waals surface area (Å²) in [7, 11) is 0. The number of rotatable bonds is 5. The van der Waals surface area contributed by atoms with Gasteiger partial charge in [0.1, 0.15) is 11.5 Å². The normalized spacial score (nSPS) is 17.5. The van der Waals surface area contributed by atoms with Crippen molar-refractivity contribution in [1.29, 1.82) is 0 Å². The van der Waals surface area contributed by atoms with E-state index in [4.69, 9.17) is 4.42 Å². The number of carboxylic acid groups (broad SMARTS) is 1. The Bertz CT molecular complexity index is 979. The molecule has 3 aromatic rings. The molecule has 0 spiro atoms. The molecule has 0 amide bonds. The van der Waals surface area contributed by atoms with Crippen LogP contribution in [0.4, 0.5) is 0 Å². The third-order valence-corrected chi connectivity index (χ3v) is 5.36. The van der Waals surface area contributed by atoms with Crippen LogP contribution in [0.3, 0.4) is 0 Å². The van der Waals surface area contributed by atoms with Gasteiger partial charge in [-0.1, -0.05) is 18.2 Å². The Morgan fingerprint density at radius 2 is 2.11 bits per heavy atom. The Morgan fingerprint density at radius 1 is 1.25 bits per heavy atom. The van der Waals surface area contributed by atoms with Crippen molar-refractivity contribution in [2.24, 2.45) is 0 Å². The van der Waals surface area contributed by atoms with Crippen LogP contribution in [0.2, 0.25) is 0 Å². The van der Waals surface area contributed by atoms with Crippen LogP contribution in [0.15, 0.2) is 59.1 Å². The molecule has 1 N–H and O–H groups in total. The number of aromatic nitrogens is 1. The summed E-state index contributed by atoms with van der Waals surface area (Å²) < 4.78 is 6.01. The number of furan rings is 1. The van der Waals surface area contributed by atoms with E-state index < -0.39 is 5.97 Å². The Kier molecular flexibility index (Phi) is 5.26. The fraction of sp³-hybridized carbons (Fsp3) is 0.304. The van der Waals surface area contributed by atoms with E-state index in [0.717, 1.165) is 37.5 Å². The molecular formula is C23H24N2O3. The number of pyridine rings is 1. The molecule has 1 fully saturated rings. The Hall–Kier alpha value is -2.92. The Balaban J connectivity index is 1.48. The SMILES string of the molecule is Cc1cc([C@@H]2CCCN(Cc3ccc(-c4ccccc4C(=O)O)o3)C2)ccn1. The van der Waals surface area contributed by atoms with Crippen LogP contribution in [0, 0.1) is 6.92 Å². The zero-order chi connectivity index (χ0) is 19.5. The van der Waals surface area contributed by atoms with Crippen LogP contribution in [0.1, 0.15) is 46.1 Å². The number of aryl methyl sites for hydroxylation is 1. The minimum atomic E-state index is -0.944. The summed E-state index contributed by atoms with van der Waals surface area (Å²) in [5.41, 5.74) is 3.29. The molecule has 2 aromatic heterocycles. The van der Waals surface area contributed by atoms with E-state index in [9.17, 15) is 9.90 Å². The highest BCUT2D eigenvalue weighted by Crippen LogP contribution is 2.30. The van der Waals surface area contributed by atoms with Gasteiger partial charge in [0.2, 0.25) is 0 Å². The molecule has 144 valence electrons.